The van der Waals surface area contributed by atoms with Crippen LogP contribution in [0.4, 0.5) is 0 Å². The Morgan fingerprint density at radius 2 is 1.82 bits per heavy atom. The van der Waals surface area contributed by atoms with Crippen LogP contribution in [-0.4, -0.2) is 17.7 Å². The van der Waals surface area contributed by atoms with Crippen molar-refractivity contribution in [3.63, 3.8) is 0 Å². The van der Waals surface area contributed by atoms with Crippen molar-refractivity contribution in [3.05, 3.63) is 35.4 Å². The molecule has 1 unspecified atom stereocenters. The molecule has 0 aromatic heterocycles. The third-order valence-electron chi connectivity index (χ3n) is 2.64. The molecule has 0 saturated carbocycles. The van der Waals surface area contributed by atoms with Gasteiger partial charge in [0.05, 0.1) is 0 Å². The summed E-state index contributed by atoms with van der Waals surface area (Å²) in [4.78, 5) is 11.0. The molecule has 1 rings (SSSR count). The molecule has 0 aliphatic heterocycles. The summed E-state index contributed by atoms with van der Waals surface area (Å²) < 4.78 is 5.22. The van der Waals surface area contributed by atoms with Crippen molar-refractivity contribution in [1.29, 1.82) is 0 Å². The molecule has 1 atom stereocenters. The third kappa shape index (κ3) is 3.56. The molecule has 1 aromatic rings. The van der Waals surface area contributed by atoms with E-state index in [1.165, 1.54) is 5.56 Å². The average Bonchev–Trinajstić information content (AvgIpc) is 2.24. The number of benzene rings is 1. The van der Waals surface area contributed by atoms with Crippen molar-refractivity contribution < 1.29 is 14.6 Å². The molecule has 17 heavy (non-hydrogen) atoms. The lowest BCUT2D eigenvalue weighted by atomic mass is 9.86. The fraction of sp³-hybridized carbons (Fsp3) is 0.500. The first kappa shape index (κ1) is 13.7. The number of carbonyl (C=O) groups is 1. The van der Waals surface area contributed by atoms with Crippen LogP contribution in [-0.2, 0) is 14.9 Å². The minimum Gasteiger partial charge on any atom is -0.479 e. The first-order valence-electron chi connectivity index (χ1n) is 5.81. The summed E-state index contributed by atoms with van der Waals surface area (Å²) in [6, 6.07) is 7.58. The molecule has 0 bridgehead atoms. The number of hydrogen-bond donors (Lipinski definition) is 1. The number of hydrogen-bond acceptors (Lipinski definition) is 2. The number of carboxylic acids is 1. The molecule has 94 valence electrons. The first-order valence-corrected chi connectivity index (χ1v) is 5.81. The summed E-state index contributed by atoms with van der Waals surface area (Å²) in [5.74, 6) is -0.949. The normalized spacial score (nSPS) is 13.4. The maximum atomic E-state index is 11.0. The van der Waals surface area contributed by atoms with E-state index in [0.29, 0.717) is 12.2 Å². The Morgan fingerprint density at radius 3 is 2.18 bits per heavy atom. The van der Waals surface area contributed by atoms with Gasteiger partial charge >= 0.3 is 5.97 Å². The molecule has 0 radical (unpaired) electrons. The minimum atomic E-state index is -0.949. The predicted octanol–water partition coefficient (Wildman–Crippen LogP) is 3.15. The number of aliphatic carboxylic acids is 1. The Kier molecular flexibility index (Phi) is 4.29. The predicted molar refractivity (Wildman–Crippen MR) is 67.1 cm³/mol. The van der Waals surface area contributed by atoms with Gasteiger partial charge < -0.3 is 9.84 Å². The summed E-state index contributed by atoms with van der Waals surface area (Å²) in [5, 5.41) is 9.06. The lowest BCUT2D eigenvalue weighted by molar-refractivity contribution is -0.150. The second-order valence-corrected chi connectivity index (χ2v) is 5.05. The van der Waals surface area contributed by atoms with Gasteiger partial charge in [-0.2, -0.15) is 0 Å². The molecule has 0 fully saturated rings. The van der Waals surface area contributed by atoms with E-state index in [1.54, 1.807) is 6.92 Å². The molecule has 0 amide bonds. The molecule has 1 N–H and O–H groups in total. The van der Waals surface area contributed by atoms with Gasteiger partial charge in [0.25, 0.3) is 0 Å². The van der Waals surface area contributed by atoms with Crippen LogP contribution in [0.1, 0.15) is 44.9 Å². The van der Waals surface area contributed by atoms with E-state index in [2.05, 4.69) is 20.8 Å². The molecule has 0 aliphatic carbocycles. The molecule has 0 spiro atoms. The van der Waals surface area contributed by atoms with Crippen molar-refractivity contribution in [2.45, 2.75) is 39.2 Å². The molecular formula is C14H20O3. The van der Waals surface area contributed by atoms with E-state index in [4.69, 9.17) is 9.84 Å². The van der Waals surface area contributed by atoms with Gasteiger partial charge in [0, 0.05) is 6.61 Å². The third-order valence-corrected chi connectivity index (χ3v) is 2.64. The lowest BCUT2D eigenvalue weighted by Crippen LogP contribution is -2.16. The van der Waals surface area contributed by atoms with Crippen molar-refractivity contribution in [2.75, 3.05) is 6.61 Å². The Bertz CT molecular complexity index is 373. The molecule has 0 saturated heterocycles. The molecule has 0 heterocycles. The van der Waals surface area contributed by atoms with Crippen LogP contribution in [0.25, 0.3) is 0 Å². The van der Waals surface area contributed by atoms with Crippen LogP contribution in [0.5, 0.6) is 0 Å². The highest BCUT2D eigenvalue weighted by Gasteiger charge is 2.21. The quantitative estimate of drug-likeness (QED) is 0.873. The molecule has 3 heteroatoms. The summed E-state index contributed by atoms with van der Waals surface area (Å²) in [6.45, 7) is 8.55. The highest BCUT2D eigenvalue weighted by atomic mass is 16.5. The fourth-order valence-electron chi connectivity index (χ4n) is 1.63. The monoisotopic (exact) mass is 236 g/mol. The SMILES string of the molecule is CCOC(C(=O)O)c1ccc(C(C)(C)C)cc1. The molecule has 0 aliphatic rings. The number of rotatable bonds is 4. The Hall–Kier alpha value is -1.35. The smallest absolute Gasteiger partial charge is 0.337 e. The van der Waals surface area contributed by atoms with Crippen LogP contribution in [0.15, 0.2) is 24.3 Å². The Morgan fingerprint density at radius 1 is 1.29 bits per heavy atom. The van der Waals surface area contributed by atoms with Crippen LogP contribution >= 0.6 is 0 Å². The van der Waals surface area contributed by atoms with E-state index >= 15 is 0 Å². The van der Waals surface area contributed by atoms with Gasteiger partial charge in [-0.15, -0.1) is 0 Å². The topological polar surface area (TPSA) is 46.5 Å². The van der Waals surface area contributed by atoms with Gasteiger partial charge in [0.15, 0.2) is 6.10 Å². The van der Waals surface area contributed by atoms with E-state index in [1.807, 2.05) is 24.3 Å². The summed E-state index contributed by atoms with van der Waals surface area (Å²) in [5.41, 5.74) is 1.94. The number of ether oxygens (including phenoxy) is 1. The van der Waals surface area contributed by atoms with Crippen LogP contribution in [0.3, 0.4) is 0 Å². The number of carboxylic acid groups (broad SMARTS) is 1. The average molecular weight is 236 g/mol. The van der Waals surface area contributed by atoms with Gasteiger partial charge in [-0.1, -0.05) is 45.0 Å². The highest BCUT2D eigenvalue weighted by molar-refractivity contribution is 5.74. The van der Waals surface area contributed by atoms with E-state index in [-0.39, 0.29) is 5.41 Å². The zero-order valence-corrected chi connectivity index (χ0v) is 10.9. The maximum Gasteiger partial charge on any atom is 0.337 e. The second kappa shape index (κ2) is 5.32. The van der Waals surface area contributed by atoms with Crippen LogP contribution < -0.4 is 0 Å². The zero-order chi connectivity index (χ0) is 13.1. The van der Waals surface area contributed by atoms with Crippen molar-refractivity contribution >= 4 is 5.97 Å². The van der Waals surface area contributed by atoms with Gasteiger partial charge in [-0.05, 0) is 23.5 Å². The van der Waals surface area contributed by atoms with Gasteiger partial charge in [-0.25, -0.2) is 4.79 Å². The molecule has 3 nitrogen and oxygen atoms in total. The van der Waals surface area contributed by atoms with Gasteiger partial charge in [0.1, 0.15) is 0 Å². The van der Waals surface area contributed by atoms with Gasteiger partial charge in [0.2, 0.25) is 0 Å². The van der Waals surface area contributed by atoms with E-state index < -0.39 is 12.1 Å². The molecule has 1 aromatic carbocycles. The lowest BCUT2D eigenvalue weighted by Gasteiger charge is -2.20. The van der Waals surface area contributed by atoms with E-state index in [9.17, 15) is 4.79 Å². The van der Waals surface area contributed by atoms with Crippen molar-refractivity contribution in [2.24, 2.45) is 0 Å². The molecular weight excluding hydrogens is 216 g/mol. The summed E-state index contributed by atoms with van der Waals surface area (Å²) >= 11 is 0. The van der Waals surface area contributed by atoms with E-state index in [0.717, 1.165) is 0 Å². The standard InChI is InChI=1S/C14H20O3/c1-5-17-12(13(15)16)10-6-8-11(9-7-10)14(2,3)4/h6-9,12H,5H2,1-4H3,(H,15,16). The van der Waals surface area contributed by atoms with Crippen LogP contribution in [0, 0.1) is 0 Å². The zero-order valence-electron chi connectivity index (χ0n) is 10.9. The minimum absolute atomic E-state index is 0.0723. The maximum absolute atomic E-state index is 11.0. The van der Waals surface area contributed by atoms with Crippen molar-refractivity contribution in [1.82, 2.24) is 0 Å². The highest BCUT2D eigenvalue weighted by Crippen LogP contribution is 2.25. The van der Waals surface area contributed by atoms with Crippen molar-refractivity contribution in [3.8, 4) is 0 Å². The summed E-state index contributed by atoms with van der Waals surface area (Å²) in [7, 11) is 0. The Balaban J connectivity index is 2.96. The fourth-order valence-corrected chi connectivity index (χ4v) is 1.63. The summed E-state index contributed by atoms with van der Waals surface area (Å²) in [6.07, 6.45) is -0.867. The Labute approximate surface area is 102 Å². The first-order chi connectivity index (χ1) is 7.86. The second-order valence-electron chi connectivity index (χ2n) is 5.05. The van der Waals surface area contributed by atoms with Gasteiger partial charge in [-0.3, -0.25) is 0 Å². The largest absolute Gasteiger partial charge is 0.479 e. The van der Waals surface area contributed by atoms with Crippen LogP contribution in [0.2, 0.25) is 0 Å².